The zero-order valence-corrected chi connectivity index (χ0v) is 12.7. The van der Waals surface area contributed by atoms with Crippen LogP contribution in [0.5, 0.6) is 0 Å². The highest BCUT2D eigenvalue weighted by molar-refractivity contribution is 5.66. The van der Waals surface area contributed by atoms with E-state index < -0.39 is 12.3 Å². The third-order valence-corrected chi connectivity index (χ3v) is 2.59. The standard InChI is InChI=1S/C16H28O4/c1-3-5-7-9-13-19-16(12-11-15(17)18)20-14-10-8-6-4-2/h7-10,16H,3-6,11-14H2,1-2H3,(H,17,18)/b9-7+,10-8+. The molecule has 0 aliphatic heterocycles. The van der Waals surface area contributed by atoms with E-state index in [0.717, 1.165) is 25.7 Å². The van der Waals surface area contributed by atoms with Gasteiger partial charge in [0.05, 0.1) is 19.6 Å². The highest BCUT2D eigenvalue weighted by Crippen LogP contribution is 2.06. The van der Waals surface area contributed by atoms with Crippen molar-refractivity contribution in [3.05, 3.63) is 24.3 Å². The van der Waals surface area contributed by atoms with Crippen LogP contribution in [0.4, 0.5) is 0 Å². The first kappa shape index (κ1) is 18.9. The second kappa shape index (κ2) is 14.3. The Kier molecular flexibility index (Phi) is 13.5. The smallest absolute Gasteiger partial charge is 0.303 e. The molecule has 0 heterocycles. The summed E-state index contributed by atoms with van der Waals surface area (Å²) in [4.78, 5) is 10.6. The summed E-state index contributed by atoms with van der Waals surface area (Å²) in [6.45, 7) is 5.16. The molecule has 0 spiro atoms. The molecule has 0 fully saturated rings. The Hall–Kier alpha value is -1.13. The molecule has 0 aromatic rings. The first-order valence-corrected chi connectivity index (χ1v) is 7.45. The topological polar surface area (TPSA) is 55.8 Å². The molecule has 0 saturated carbocycles. The van der Waals surface area contributed by atoms with Crippen LogP contribution in [0.3, 0.4) is 0 Å². The van der Waals surface area contributed by atoms with Gasteiger partial charge in [-0.3, -0.25) is 4.79 Å². The molecule has 0 aromatic heterocycles. The van der Waals surface area contributed by atoms with Gasteiger partial charge in [0.15, 0.2) is 6.29 Å². The molecule has 0 rings (SSSR count). The summed E-state index contributed by atoms with van der Waals surface area (Å²) >= 11 is 0. The lowest BCUT2D eigenvalue weighted by Crippen LogP contribution is -2.19. The second-order valence-corrected chi connectivity index (χ2v) is 4.55. The minimum absolute atomic E-state index is 0.0576. The Morgan fingerprint density at radius 1 is 1.00 bits per heavy atom. The average molecular weight is 284 g/mol. The van der Waals surface area contributed by atoms with Gasteiger partial charge in [0.25, 0.3) is 0 Å². The van der Waals surface area contributed by atoms with Crippen molar-refractivity contribution < 1.29 is 19.4 Å². The fourth-order valence-electron chi connectivity index (χ4n) is 1.49. The third kappa shape index (κ3) is 13.3. The van der Waals surface area contributed by atoms with E-state index in [2.05, 4.69) is 26.0 Å². The van der Waals surface area contributed by atoms with Gasteiger partial charge in [0.1, 0.15) is 0 Å². The zero-order valence-electron chi connectivity index (χ0n) is 12.7. The number of hydrogen-bond donors (Lipinski definition) is 1. The number of carbonyl (C=O) groups is 1. The zero-order chi connectivity index (χ0) is 15.1. The molecule has 0 aliphatic rings. The monoisotopic (exact) mass is 284 g/mol. The van der Waals surface area contributed by atoms with Crippen molar-refractivity contribution in [3.63, 3.8) is 0 Å². The number of unbranched alkanes of at least 4 members (excludes halogenated alkanes) is 2. The van der Waals surface area contributed by atoms with Gasteiger partial charge in [-0.2, -0.15) is 0 Å². The highest BCUT2D eigenvalue weighted by Gasteiger charge is 2.10. The van der Waals surface area contributed by atoms with E-state index in [1.807, 2.05) is 12.2 Å². The molecule has 0 bridgehead atoms. The molecule has 0 radical (unpaired) electrons. The highest BCUT2D eigenvalue weighted by atomic mass is 16.7. The molecular weight excluding hydrogens is 256 g/mol. The van der Waals surface area contributed by atoms with Crippen LogP contribution in [-0.4, -0.2) is 30.6 Å². The van der Waals surface area contributed by atoms with Gasteiger partial charge in [0, 0.05) is 6.42 Å². The van der Waals surface area contributed by atoms with Gasteiger partial charge >= 0.3 is 5.97 Å². The number of rotatable bonds is 13. The lowest BCUT2D eigenvalue weighted by atomic mass is 10.3. The number of ether oxygens (including phenoxy) is 2. The van der Waals surface area contributed by atoms with Gasteiger partial charge in [0.2, 0.25) is 0 Å². The lowest BCUT2D eigenvalue weighted by Gasteiger charge is -2.16. The van der Waals surface area contributed by atoms with Crippen LogP contribution in [0.25, 0.3) is 0 Å². The quantitative estimate of drug-likeness (QED) is 0.411. The van der Waals surface area contributed by atoms with Crippen molar-refractivity contribution >= 4 is 5.97 Å². The lowest BCUT2D eigenvalue weighted by molar-refractivity contribution is -0.148. The number of carboxylic acids is 1. The number of aliphatic carboxylic acids is 1. The summed E-state index contributed by atoms with van der Waals surface area (Å²) in [6.07, 6.45) is 12.3. The maximum Gasteiger partial charge on any atom is 0.303 e. The molecular formula is C16H28O4. The largest absolute Gasteiger partial charge is 0.481 e. The van der Waals surface area contributed by atoms with Crippen LogP contribution < -0.4 is 0 Å². The maximum absolute atomic E-state index is 10.6. The number of hydrogen-bond acceptors (Lipinski definition) is 3. The minimum atomic E-state index is -0.828. The van der Waals surface area contributed by atoms with Crippen molar-refractivity contribution in [2.24, 2.45) is 0 Å². The summed E-state index contributed by atoms with van der Waals surface area (Å²) in [5.41, 5.74) is 0. The Bertz CT molecular complexity index is 264. The predicted molar refractivity (Wildman–Crippen MR) is 80.7 cm³/mol. The van der Waals surface area contributed by atoms with Gasteiger partial charge < -0.3 is 14.6 Å². The van der Waals surface area contributed by atoms with Crippen LogP contribution in [0.2, 0.25) is 0 Å². The molecule has 0 saturated heterocycles. The normalized spacial score (nSPS) is 11.9. The fourth-order valence-corrected chi connectivity index (χ4v) is 1.49. The fraction of sp³-hybridized carbons (Fsp3) is 0.688. The molecule has 20 heavy (non-hydrogen) atoms. The Labute approximate surface area is 122 Å². The Morgan fingerprint density at radius 3 is 1.90 bits per heavy atom. The van der Waals surface area contributed by atoms with Crippen molar-refractivity contribution in [2.75, 3.05) is 13.2 Å². The van der Waals surface area contributed by atoms with Crippen molar-refractivity contribution in [1.82, 2.24) is 0 Å². The molecule has 116 valence electrons. The Morgan fingerprint density at radius 2 is 1.50 bits per heavy atom. The molecule has 0 unspecified atom stereocenters. The van der Waals surface area contributed by atoms with Crippen LogP contribution in [0, 0.1) is 0 Å². The second-order valence-electron chi connectivity index (χ2n) is 4.55. The van der Waals surface area contributed by atoms with Crippen molar-refractivity contribution in [1.29, 1.82) is 0 Å². The molecule has 0 aliphatic carbocycles. The van der Waals surface area contributed by atoms with Crippen LogP contribution in [-0.2, 0) is 14.3 Å². The molecule has 0 aromatic carbocycles. The molecule has 0 amide bonds. The third-order valence-electron chi connectivity index (χ3n) is 2.59. The van der Waals surface area contributed by atoms with Crippen molar-refractivity contribution in [2.45, 2.75) is 58.7 Å². The molecule has 4 nitrogen and oxygen atoms in total. The minimum Gasteiger partial charge on any atom is -0.481 e. The van der Waals surface area contributed by atoms with E-state index in [-0.39, 0.29) is 6.42 Å². The first-order chi connectivity index (χ1) is 9.70. The van der Waals surface area contributed by atoms with Gasteiger partial charge in [-0.15, -0.1) is 0 Å². The SMILES string of the molecule is CCC/C=C/COC(CCC(=O)O)OC/C=C/CCC. The average Bonchev–Trinajstić information content (AvgIpc) is 2.43. The summed E-state index contributed by atoms with van der Waals surface area (Å²) in [5, 5.41) is 8.71. The van der Waals surface area contributed by atoms with Crippen molar-refractivity contribution in [3.8, 4) is 0 Å². The Balaban J connectivity index is 3.96. The molecule has 0 atom stereocenters. The number of allylic oxidation sites excluding steroid dienone is 2. The van der Waals surface area contributed by atoms with E-state index in [1.165, 1.54) is 0 Å². The van der Waals surface area contributed by atoms with Crippen LogP contribution in [0.15, 0.2) is 24.3 Å². The van der Waals surface area contributed by atoms with E-state index in [9.17, 15) is 4.79 Å². The summed E-state index contributed by atoms with van der Waals surface area (Å²) in [6, 6.07) is 0. The predicted octanol–water partition coefficient (Wildman–Crippen LogP) is 3.92. The number of carboxylic acid groups (broad SMARTS) is 1. The van der Waals surface area contributed by atoms with Gasteiger partial charge in [-0.05, 0) is 12.8 Å². The van der Waals surface area contributed by atoms with Crippen LogP contribution in [0.1, 0.15) is 52.4 Å². The van der Waals surface area contributed by atoms with Crippen LogP contribution >= 0.6 is 0 Å². The summed E-state index contributed by atoms with van der Waals surface area (Å²) in [5.74, 6) is -0.828. The van der Waals surface area contributed by atoms with E-state index >= 15 is 0 Å². The van der Waals surface area contributed by atoms with Gasteiger partial charge in [-0.25, -0.2) is 0 Å². The first-order valence-electron chi connectivity index (χ1n) is 7.45. The van der Waals surface area contributed by atoms with Gasteiger partial charge in [-0.1, -0.05) is 51.0 Å². The maximum atomic E-state index is 10.6. The van der Waals surface area contributed by atoms with E-state index in [1.54, 1.807) is 0 Å². The molecule has 1 N–H and O–H groups in total. The summed E-state index contributed by atoms with van der Waals surface area (Å²) < 4.78 is 11.1. The molecule has 4 heteroatoms. The van der Waals surface area contributed by atoms with E-state index in [4.69, 9.17) is 14.6 Å². The van der Waals surface area contributed by atoms with E-state index in [0.29, 0.717) is 19.6 Å². The summed E-state index contributed by atoms with van der Waals surface area (Å²) in [7, 11) is 0.